The number of halogens is 1. The van der Waals surface area contributed by atoms with E-state index in [4.69, 9.17) is 0 Å². The molecule has 1 unspecified atom stereocenters. The van der Waals surface area contributed by atoms with Gasteiger partial charge in [-0.1, -0.05) is 47.1 Å². The average Bonchev–Trinajstić information content (AvgIpc) is 2.41. The fourth-order valence-electron chi connectivity index (χ4n) is 2.12. The summed E-state index contributed by atoms with van der Waals surface area (Å²) in [5, 5.41) is 3.53. The molecule has 0 radical (unpaired) electrons. The number of nitrogens with one attached hydrogen (secondary N) is 1. The van der Waals surface area contributed by atoms with Crippen LogP contribution in [-0.2, 0) is 6.42 Å². The summed E-state index contributed by atoms with van der Waals surface area (Å²) in [6.45, 7) is 5.14. The third-order valence-electron chi connectivity index (χ3n) is 3.12. The fourth-order valence-corrected chi connectivity index (χ4v) is 2.69. The van der Waals surface area contributed by atoms with Crippen molar-refractivity contribution in [3.05, 3.63) is 63.9 Å². The quantitative estimate of drug-likeness (QED) is 0.899. The molecular formula is C16H19BrN2. The van der Waals surface area contributed by atoms with Crippen LogP contribution in [0.4, 0.5) is 0 Å². The van der Waals surface area contributed by atoms with Crippen molar-refractivity contribution >= 4 is 15.9 Å². The van der Waals surface area contributed by atoms with Crippen LogP contribution in [0.25, 0.3) is 0 Å². The molecule has 0 saturated heterocycles. The lowest BCUT2D eigenvalue weighted by Crippen LogP contribution is -2.23. The van der Waals surface area contributed by atoms with E-state index in [0.29, 0.717) is 0 Å². The molecule has 100 valence electrons. The van der Waals surface area contributed by atoms with E-state index in [1.165, 1.54) is 11.1 Å². The molecule has 0 fully saturated rings. The molecule has 2 nitrogen and oxygen atoms in total. The van der Waals surface area contributed by atoms with Crippen LogP contribution in [0.3, 0.4) is 0 Å². The van der Waals surface area contributed by atoms with Gasteiger partial charge in [0.1, 0.15) is 0 Å². The van der Waals surface area contributed by atoms with Gasteiger partial charge in [-0.05, 0) is 36.7 Å². The minimum atomic E-state index is 0.288. The van der Waals surface area contributed by atoms with Crippen LogP contribution >= 0.6 is 15.9 Å². The largest absolute Gasteiger partial charge is 0.310 e. The Morgan fingerprint density at radius 3 is 2.63 bits per heavy atom. The van der Waals surface area contributed by atoms with Crippen molar-refractivity contribution in [3.8, 4) is 0 Å². The lowest BCUT2D eigenvalue weighted by molar-refractivity contribution is 0.542. The normalized spacial score (nSPS) is 12.4. The molecule has 2 aromatic rings. The van der Waals surface area contributed by atoms with E-state index < -0.39 is 0 Å². The zero-order valence-corrected chi connectivity index (χ0v) is 12.9. The second kappa shape index (κ2) is 6.83. The van der Waals surface area contributed by atoms with Gasteiger partial charge in [0.05, 0.1) is 0 Å². The molecule has 0 spiro atoms. The van der Waals surface area contributed by atoms with Crippen LogP contribution < -0.4 is 5.32 Å². The van der Waals surface area contributed by atoms with Gasteiger partial charge in [0.2, 0.25) is 0 Å². The number of rotatable bonds is 5. The van der Waals surface area contributed by atoms with E-state index in [1.807, 2.05) is 12.3 Å². The van der Waals surface area contributed by atoms with Crippen LogP contribution in [0.2, 0.25) is 0 Å². The highest BCUT2D eigenvalue weighted by Gasteiger charge is 2.14. The third kappa shape index (κ3) is 3.88. The SMILES string of the molecule is CCNC(Cc1ccc(C)cn1)c1ccccc1Br. The molecule has 1 aromatic carbocycles. The molecule has 3 heteroatoms. The summed E-state index contributed by atoms with van der Waals surface area (Å²) in [6.07, 6.45) is 2.83. The molecule has 0 amide bonds. The van der Waals surface area contributed by atoms with E-state index in [1.54, 1.807) is 0 Å². The maximum absolute atomic E-state index is 4.50. The minimum absolute atomic E-state index is 0.288. The number of benzene rings is 1. The van der Waals surface area contributed by atoms with Crippen LogP contribution in [0, 0.1) is 6.92 Å². The summed E-state index contributed by atoms with van der Waals surface area (Å²) >= 11 is 3.63. The van der Waals surface area contributed by atoms with Crippen molar-refractivity contribution in [3.63, 3.8) is 0 Å². The number of nitrogens with zero attached hydrogens (tertiary/aromatic N) is 1. The number of hydrogen-bond acceptors (Lipinski definition) is 2. The predicted octanol–water partition coefficient (Wildman–Crippen LogP) is 4.05. The topological polar surface area (TPSA) is 24.9 Å². The van der Waals surface area contributed by atoms with Crippen molar-refractivity contribution in [2.45, 2.75) is 26.3 Å². The number of pyridine rings is 1. The summed E-state index contributed by atoms with van der Waals surface area (Å²) in [7, 11) is 0. The van der Waals surface area contributed by atoms with E-state index in [0.717, 1.165) is 23.1 Å². The Kier molecular flexibility index (Phi) is 5.11. The first-order chi connectivity index (χ1) is 9.20. The van der Waals surface area contributed by atoms with Crippen LogP contribution in [-0.4, -0.2) is 11.5 Å². The van der Waals surface area contributed by atoms with Gasteiger partial charge < -0.3 is 5.32 Å². The van der Waals surface area contributed by atoms with Gasteiger partial charge in [-0.2, -0.15) is 0 Å². The first-order valence-corrected chi connectivity index (χ1v) is 7.39. The fraction of sp³-hybridized carbons (Fsp3) is 0.312. The number of aromatic nitrogens is 1. The molecule has 1 aromatic heterocycles. The predicted molar refractivity (Wildman–Crippen MR) is 83.2 cm³/mol. The van der Waals surface area contributed by atoms with Crippen molar-refractivity contribution in [2.75, 3.05) is 6.54 Å². The first-order valence-electron chi connectivity index (χ1n) is 6.60. The van der Waals surface area contributed by atoms with Gasteiger partial charge in [0.25, 0.3) is 0 Å². The van der Waals surface area contributed by atoms with Crippen molar-refractivity contribution in [1.29, 1.82) is 0 Å². The smallest absolute Gasteiger partial charge is 0.0422 e. The third-order valence-corrected chi connectivity index (χ3v) is 3.84. The van der Waals surface area contributed by atoms with Gasteiger partial charge in [-0.25, -0.2) is 0 Å². The number of likely N-dealkylation sites (N-methyl/N-ethyl adjacent to an activating group) is 1. The Hall–Kier alpha value is -1.19. The second-order valence-electron chi connectivity index (χ2n) is 4.66. The van der Waals surface area contributed by atoms with E-state index in [9.17, 15) is 0 Å². The molecule has 1 N–H and O–H groups in total. The average molecular weight is 319 g/mol. The molecule has 0 bridgehead atoms. The maximum Gasteiger partial charge on any atom is 0.0422 e. The summed E-state index contributed by atoms with van der Waals surface area (Å²) in [5.74, 6) is 0. The van der Waals surface area contributed by atoms with Crippen LogP contribution in [0.5, 0.6) is 0 Å². The monoisotopic (exact) mass is 318 g/mol. The van der Waals surface area contributed by atoms with E-state index in [-0.39, 0.29) is 6.04 Å². The van der Waals surface area contributed by atoms with E-state index >= 15 is 0 Å². The van der Waals surface area contributed by atoms with Gasteiger partial charge >= 0.3 is 0 Å². The highest BCUT2D eigenvalue weighted by molar-refractivity contribution is 9.10. The highest BCUT2D eigenvalue weighted by atomic mass is 79.9. The Bertz CT molecular complexity index is 523. The summed E-state index contributed by atoms with van der Waals surface area (Å²) < 4.78 is 1.15. The molecular weight excluding hydrogens is 300 g/mol. The maximum atomic E-state index is 4.50. The Morgan fingerprint density at radius 2 is 2.00 bits per heavy atom. The Labute approximate surface area is 123 Å². The standard InChI is InChI=1S/C16H19BrN2/c1-3-18-16(14-6-4-5-7-15(14)17)10-13-9-8-12(2)11-19-13/h4-9,11,16,18H,3,10H2,1-2H3. The highest BCUT2D eigenvalue weighted by Crippen LogP contribution is 2.25. The Morgan fingerprint density at radius 1 is 1.21 bits per heavy atom. The molecule has 0 aliphatic rings. The lowest BCUT2D eigenvalue weighted by Gasteiger charge is -2.19. The van der Waals surface area contributed by atoms with Crippen molar-refractivity contribution in [1.82, 2.24) is 10.3 Å². The van der Waals surface area contributed by atoms with Crippen LogP contribution in [0.1, 0.15) is 29.8 Å². The molecule has 0 saturated carbocycles. The summed E-state index contributed by atoms with van der Waals surface area (Å²) in [4.78, 5) is 4.50. The van der Waals surface area contributed by atoms with Gasteiger partial charge in [-0.3, -0.25) is 4.98 Å². The zero-order chi connectivity index (χ0) is 13.7. The van der Waals surface area contributed by atoms with Crippen LogP contribution in [0.15, 0.2) is 47.1 Å². The second-order valence-corrected chi connectivity index (χ2v) is 5.52. The van der Waals surface area contributed by atoms with Gasteiger partial charge in [-0.15, -0.1) is 0 Å². The van der Waals surface area contributed by atoms with Gasteiger partial charge in [0.15, 0.2) is 0 Å². The minimum Gasteiger partial charge on any atom is -0.310 e. The molecule has 1 atom stereocenters. The molecule has 19 heavy (non-hydrogen) atoms. The molecule has 1 heterocycles. The molecule has 0 aliphatic carbocycles. The van der Waals surface area contributed by atoms with E-state index in [2.05, 4.69) is 70.4 Å². The summed E-state index contributed by atoms with van der Waals surface area (Å²) in [6, 6.07) is 12.9. The first kappa shape index (κ1) is 14.2. The van der Waals surface area contributed by atoms with Crippen molar-refractivity contribution < 1.29 is 0 Å². The van der Waals surface area contributed by atoms with Crippen molar-refractivity contribution in [2.24, 2.45) is 0 Å². The number of hydrogen-bond donors (Lipinski definition) is 1. The number of aryl methyl sites for hydroxylation is 1. The lowest BCUT2D eigenvalue weighted by atomic mass is 10.0. The Balaban J connectivity index is 2.21. The molecule has 2 rings (SSSR count). The summed E-state index contributed by atoms with van der Waals surface area (Å²) in [5.41, 5.74) is 3.60. The molecule has 0 aliphatic heterocycles. The van der Waals surface area contributed by atoms with Gasteiger partial charge in [0, 0.05) is 28.8 Å². The zero-order valence-electron chi connectivity index (χ0n) is 11.4.